The van der Waals surface area contributed by atoms with Gasteiger partial charge in [0.25, 0.3) is 0 Å². The molecule has 0 unspecified atom stereocenters. The van der Waals surface area contributed by atoms with Gasteiger partial charge in [-0.1, -0.05) is 13.0 Å². The van der Waals surface area contributed by atoms with Gasteiger partial charge in [-0.05, 0) is 30.2 Å². The van der Waals surface area contributed by atoms with Gasteiger partial charge in [-0.3, -0.25) is 4.79 Å². The van der Waals surface area contributed by atoms with E-state index in [1.807, 2.05) is 6.92 Å². The molecule has 0 saturated carbocycles. The number of aliphatic carboxylic acids is 1. The number of hydrogen-bond donors (Lipinski definition) is 2. The first-order valence-corrected chi connectivity index (χ1v) is 5.99. The Labute approximate surface area is 110 Å². The molecule has 1 rings (SSSR count). The third-order valence-corrected chi connectivity index (χ3v) is 2.44. The molecule has 0 saturated heterocycles. The van der Waals surface area contributed by atoms with E-state index >= 15 is 0 Å². The largest absolute Gasteiger partial charge is 0.478 e. The molecule has 0 aliphatic carbocycles. The van der Waals surface area contributed by atoms with Crippen molar-refractivity contribution in [3.8, 4) is 0 Å². The molecule has 0 radical (unpaired) electrons. The first-order chi connectivity index (χ1) is 9.02. The van der Waals surface area contributed by atoms with Crippen molar-refractivity contribution in [2.75, 3.05) is 0 Å². The van der Waals surface area contributed by atoms with Gasteiger partial charge in [0, 0.05) is 24.6 Å². The lowest BCUT2D eigenvalue weighted by atomic mass is 10.1. The van der Waals surface area contributed by atoms with E-state index in [1.165, 1.54) is 24.3 Å². The molecule has 19 heavy (non-hydrogen) atoms. The predicted molar refractivity (Wildman–Crippen MR) is 69.8 cm³/mol. The summed E-state index contributed by atoms with van der Waals surface area (Å²) in [5, 5.41) is 11.1. The molecule has 1 aromatic carbocycles. The number of carbonyl (C=O) groups is 2. The summed E-state index contributed by atoms with van der Waals surface area (Å²) in [7, 11) is 0. The van der Waals surface area contributed by atoms with Crippen molar-refractivity contribution in [3.63, 3.8) is 0 Å². The van der Waals surface area contributed by atoms with E-state index < -0.39 is 11.8 Å². The van der Waals surface area contributed by atoms with E-state index in [2.05, 4.69) is 5.32 Å². The minimum atomic E-state index is -1.07. The zero-order valence-corrected chi connectivity index (χ0v) is 10.6. The number of nitrogens with one attached hydrogen (secondary N) is 1. The topological polar surface area (TPSA) is 66.4 Å². The maximum absolute atomic E-state index is 13.5. The van der Waals surface area contributed by atoms with Crippen molar-refractivity contribution in [2.45, 2.75) is 26.3 Å². The Hall–Kier alpha value is -2.17. The number of hydrogen-bond acceptors (Lipinski definition) is 2. The highest BCUT2D eigenvalue weighted by Gasteiger charge is 2.05. The molecule has 0 heterocycles. The van der Waals surface area contributed by atoms with E-state index in [4.69, 9.17) is 5.11 Å². The molecule has 0 atom stereocenters. The molecule has 0 aliphatic heterocycles. The van der Waals surface area contributed by atoms with E-state index in [9.17, 15) is 14.0 Å². The molecule has 0 spiro atoms. The first-order valence-electron chi connectivity index (χ1n) is 5.99. The number of amides is 1. The van der Waals surface area contributed by atoms with E-state index in [0.29, 0.717) is 17.5 Å². The summed E-state index contributed by atoms with van der Waals surface area (Å²) in [4.78, 5) is 21.7. The third kappa shape index (κ3) is 5.33. The minimum absolute atomic E-state index is 0.0966. The Kier molecular flexibility index (Phi) is 5.73. The van der Waals surface area contributed by atoms with Crippen LogP contribution in [0.2, 0.25) is 0 Å². The highest BCUT2D eigenvalue weighted by molar-refractivity contribution is 5.85. The Morgan fingerprint density at radius 1 is 1.42 bits per heavy atom. The molecular formula is C14H16FNO3. The fraction of sp³-hybridized carbons (Fsp3) is 0.286. The van der Waals surface area contributed by atoms with Crippen LogP contribution >= 0.6 is 0 Å². The lowest BCUT2D eigenvalue weighted by molar-refractivity contribution is -0.131. The zero-order chi connectivity index (χ0) is 14.3. The van der Waals surface area contributed by atoms with Gasteiger partial charge in [-0.15, -0.1) is 0 Å². The average Bonchev–Trinajstić information content (AvgIpc) is 2.36. The third-order valence-electron chi connectivity index (χ3n) is 2.44. The Balaban J connectivity index is 2.74. The Morgan fingerprint density at radius 3 is 2.79 bits per heavy atom. The molecule has 4 nitrogen and oxygen atoms in total. The van der Waals surface area contributed by atoms with Crippen molar-refractivity contribution >= 4 is 18.0 Å². The number of carboxylic acids is 1. The fourth-order valence-corrected chi connectivity index (χ4v) is 1.51. The standard InChI is InChI=1S/C14H16FNO3/c1-2-3-13(17)16-9-11-8-10(4-6-12(11)15)5-7-14(18)19/h4-8H,2-3,9H2,1H3,(H,16,17)(H,18,19). The summed E-state index contributed by atoms with van der Waals surface area (Å²) in [6.45, 7) is 1.98. The van der Waals surface area contributed by atoms with Crippen molar-refractivity contribution in [1.82, 2.24) is 5.32 Å². The van der Waals surface area contributed by atoms with Crippen LogP contribution in [0.15, 0.2) is 24.3 Å². The van der Waals surface area contributed by atoms with Gasteiger partial charge >= 0.3 is 5.97 Å². The summed E-state index contributed by atoms with van der Waals surface area (Å²) >= 11 is 0. The van der Waals surface area contributed by atoms with Crippen molar-refractivity contribution < 1.29 is 19.1 Å². The van der Waals surface area contributed by atoms with E-state index in [-0.39, 0.29) is 12.5 Å². The van der Waals surface area contributed by atoms with Crippen LogP contribution in [0, 0.1) is 5.82 Å². The zero-order valence-electron chi connectivity index (χ0n) is 10.6. The second-order valence-electron chi connectivity index (χ2n) is 4.05. The first kappa shape index (κ1) is 14.9. The number of carboxylic acid groups (broad SMARTS) is 1. The molecule has 102 valence electrons. The molecule has 0 aliphatic rings. The van der Waals surface area contributed by atoms with Crippen molar-refractivity contribution in [1.29, 1.82) is 0 Å². The lowest BCUT2D eigenvalue weighted by Crippen LogP contribution is -2.22. The van der Waals surface area contributed by atoms with Crippen LogP contribution in [0.1, 0.15) is 30.9 Å². The monoisotopic (exact) mass is 265 g/mol. The number of halogens is 1. The van der Waals surface area contributed by atoms with Gasteiger partial charge in [0.1, 0.15) is 5.82 Å². The molecule has 5 heteroatoms. The maximum atomic E-state index is 13.5. The van der Waals surface area contributed by atoms with Gasteiger partial charge in [-0.25, -0.2) is 9.18 Å². The van der Waals surface area contributed by atoms with Crippen LogP contribution in [0.3, 0.4) is 0 Å². The SMILES string of the molecule is CCCC(=O)NCc1cc(C=CC(=O)O)ccc1F. The van der Waals surface area contributed by atoms with Gasteiger partial charge in [0.2, 0.25) is 5.91 Å². The summed E-state index contributed by atoms with van der Waals surface area (Å²) in [6.07, 6.45) is 3.49. The minimum Gasteiger partial charge on any atom is -0.478 e. The van der Waals surface area contributed by atoms with E-state index in [0.717, 1.165) is 12.5 Å². The van der Waals surface area contributed by atoms with Crippen molar-refractivity contribution in [3.05, 3.63) is 41.2 Å². The van der Waals surface area contributed by atoms with E-state index in [1.54, 1.807) is 0 Å². The number of rotatable bonds is 6. The van der Waals surface area contributed by atoms with Crippen LogP contribution in [-0.4, -0.2) is 17.0 Å². The highest BCUT2D eigenvalue weighted by Crippen LogP contribution is 2.12. The van der Waals surface area contributed by atoms with Gasteiger partial charge in [0.15, 0.2) is 0 Å². The molecule has 0 bridgehead atoms. The Bertz CT molecular complexity index is 497. The second-order valence-corrected chi connectivity index (χ2v) is 4.05. The number of carbonyl (C=O) groups excluding carboxylic acids is 1. The molecular weight excluding hydrogens is 249 g/mol. The lowest BCUT2D eigenvalue weighted by Gasteiger charge is -2.06. The summed E-state index contributed by atoms with van der Waals surface area (Å²) < 4.78 is 13.5. The maximum Gasteiger partial charge on any atom is 0.328 e. The quantitative estimate of drug-likeness (QED) is 0.776. The van der Waals surface area contributed by atoms with Crippen LogP contribution in [0.25, 0.3) is 6.08 Å². The van der Waals surface area contributed by atoms with Gasteiger partial charge in [-0.2, -0.15) is 0 Å². The molecule has 2 N–H and O–H groups in total. The van der Waals surface area contributed by atoms with Gasteiger partial charge < -0.3 is 10.4 Å². The molecule has 0 aromatic heterocycles. The van der Waals surface area contributed by atoms with Gasteiger partial charge in [0.05, 0.1) is 0 Å². The normalized spacial score (nSPS) is 10.6. The van der Waals surface area contributed by atoms with Crippen molar-refractivity contribution in [2.24, 2.45) is 0 Å². The summed E-state index contributed by atoms with van der Waals surface area (Å²) in [5.74, 6) is -1.63. The van der Waals surface area contributed by atoms with Crippen LogP contribution in [0.4, 0.5) is 4.39 Å². The second kappa shape index (κ2) is 7.31. The smallest absolute Gasteiger partial charge is 0.328 e. The predicted octanol–water partition coefficient (Wildman–Crippen LogP) is 2.34. The highest BCUT2D eigenvalue weighted by atomic mass is 19.1. The molecule has 1 amide bonds. The van der Waals surface area contributed by atoms with Crippen LogP contribution in [-0.2, 0) is 16.1 Å². The van der Waals surface area contributed by atoms with Crippen LogP contribution < -0.4 is 5.32 Å². The Morgan fingerprint density at radius 2 is 2.16 bits per heavy atom. The summed E-state index contributed by atoms with van der Waals surface area (Å²) in [6, 6.07) is 4.25. The summed E-state index contributed by atoms with van der Waals surface area (Å²) in [5.41, 5.74) is 0.903. The fourth-order valence-electron chi connectivity index (χ4n) is 1.51. The molecule has 1 aromatic rings. The van der Waals surface area contributed by atoms with Crippen LogP contribution in [0.5, 0.6) is 0 Å². The average molecular weight is 265 g/mol. The molecule has 0 fully saturated rings. The number of benzene rings is 1.